The van der Waals surface area contributed by atoms with E-state index >= 15 is 0 Å². The molecule has 112 valence electrons. The van der Waals surface area contributed by atoms with E-state index in [4.69, 9.17) is 4.52 Å². The molecule has 21 heavy (non-hydrogen) atoms. The number of sulfonamides is 1. The maximum Gasteiger partial charge on any atom is 0.209 e. The zero-order valence-electron chi connectivity index (χ0n) is 11.6. The molecule has 0 bridgehead atoms. The monoisotopic (exact) mass is 370 g/mol. The maximum atomic E-state index is 11.5. The first-order valence-corrected chi connectivity index (χ1v) is 8.82. The van der Waals surface area contributed by atoms with Gasteiger partial charge in [-0.3, -0.25) is 0 Å². The van der Waals surface area contributed by atoms with E-state index in [0.717, 1.165) is 16.3 Å². The Balaban J connectivity index is 2.51. The molecule has 0 saturated heterocycles. The number of hydrogen-bond donors (Lipinski definition) is 1. The van der Waals surface area contributed by atoms with Crippen LogP contribution >= 0.6 is 15.9 Å². The first-order valence-electron chi connectivity index (χ1n) is 6.14. The molecule has 0 saturated carbocycles. The van der Waals surface area contributed by atoms with E-state index in [0.29, 0.717) is 17.0 Å². The highest BCUT2D eigenvalue weighted by atomic mass is 79.9. The molecule has 7 heteroatoms. The molecule has 5 nitrogen and oxygen atoms in total. The maximum absolute atomic E-state index is 11.5. The van der Waals surface area contributed by atoms with E-state index in [2.05, 4.69) is 32.4 Å². The highest BCUT2D eigenvalue weighted by Crippen LogP contribution is 2.32. The lowest BCUT2D eigenvalue weighted by molar-refractivity contribution is 0.426. The molecule has 0 aliphatic carbocycles. The normalized spacial score (nSPS) is 13.1. The van der Waals surface area contributed by atoms with Gasteiger partial charge in [-0.2, -0.15) is 0 Å². The molecular weight excluding hydrogens is 356 g/mol. The van der Waals surface area contributed by atoms with Crippen LogP contribution in [0.25, 0.3) is 11.3 Å². The van der Waals surface area contributed by atoms with Crippen LogP contribution in [0.3, 0.4) is 0 Å². The van der Waals surface area contributed by atoms with Crippen molar-refractivity contribution in [1.29, 1.82) is 0 Å². The molecule has 0 aliphatic rings. The van der Waals surface area contributed by atoms with Crippen molar-refractivity contribution >= 4 is 26.0 Å². The van der Waals surface area contributed by atoms with Gasteiger partial charge in [-0.1, -0.05) is 39.3 Å². The van der Waals surface area contributed by atoms with Gasteiger partial charge in [-0.25, -0.2) is 13.1 Å². The Kier molecular flexibility index (Phi) is 4.65. The molecule has 0 aliphatic heterocycles. The largest absolute Gasteiger partial charge is 0.356 e. The Morgan fingerprint density at radius 2 is 2.00 bits per heavy atom. The Labute approximate surface area is 132 Å². The summed E-state index contributed by atoms with van der Waals surface area (Å²) in [6.07, 6.45) is 2.62. The fourth-order valence-electron chi connectivity index (χ4n) is 2.01. The van der Waals surface area contributed by atoms with Gasteiger partial charge in [0.2, 0.25) is 10.0 Å². The highest BCUT2D eigenvalue weighted by molar-refractivity contribution is 9.10. The van der Waals surface area contributed by atoms with Gasteiger partial charge in [0.05, 0.1) is 18.0 Å². The van der Waals surface area contributed by atoms with Gasteiger partial charge in [0.25, 0.3) is 0 Å². The summed E-state index contributed by atoms with van der Waals surface area (Å²) in [6.45, 7) is 5.45. The van der Waals surface area contributed by atoms with Gasteiger partial charge in [0.1, 0.15) is 0 Å². The van der Waals surface area contributed by atoms with Gasteiger partial charge < -0.3 is 4.52 Å². The quantitative estimate of drug-likeness (QED) is 0.820. The van der Waals surface area contributed by atoms with Crippen LogP contribution in [0.5, 0.6) is 0 Å². The van der Waals surface area contributed by atoms with E-state index in [9.17, 15) is 8.42 Å². The van der Waals surface area contributed by atoms with Crippen molar-refractivity contribution in [2.75, 3.05) is 6.26 Å². The lowest BCUT2D eigenvalue weighted by atomic mass is 10.0. The van der Waals surface area contributed by atoms with Gasteiger partial charge in [0, 0.05) is 15.6 Å². The van der Waals surface area contributed by atoms with Crippen molar-refractivity contribution in [3.8, 4) is 11.3 Å². The van der Waals surface area contributed by atoms with Gasteiger partial charge in [0.15, 0.2) is 5.76 Å². The summed E-state index contributed by atoms with van der Waals surface area (Å²) in [6, 6.07) is 6.90. The minimum absolute atomic E-state index is 0.529. The van der Waals surface area contributed by atoms with Crippen molar-refractivity contribution in [3.63, 3.8) is 0 Å². The number of aryl methyl sites for hydroxylation is 1. The molecule has 1 N–H and O–H groups in total. The summed E-state index contributed by atoms with van der Waals surface area (Å²) in [5.41, 5.74) is 2.10. The third-order valence-corrected chi connectivity index (χ3v) is 4.11. The summed E-state index contributed by atoms with van der Waals surface area (Å²) in [5.74, 6) is 0.529. The Morgan fingerprint density at radius 1 is 1.38 bits per heavy atom. The number of nitrogens with zero attached hydrogens (tertiary/aromatic N) is 1. The molecule has 2 rings (SSSR count). The second-order valence-electron chi connectivity index (χ2n) is 4.62. The van der Waals surface area contributed by atoms with E-state index in [1.54, 1.807) is 6.92 Å². The number of nitrogens with one attached hydrogen (secondary N) is 1. The van der Waals surface area contributed by atoms with Crippen LogP contribution < -0.4 is 4.72 Å². The topological polar surface area (TPSA) is 72.2 Å². The molecule has 1 unspecified atom stereocenters. The third kappa shape index (κ3) is 3.81. The van der Waals surface area contributed by atoms with E-state index in [-0.39, 0.29) is 0 Å². The van der Waals surface area contributed by atoms with Crippen LogP contribution in [0.4, 0.5) is 0 Å². The summed E-state index contributed by atoms with van der Waals surface area (Å²) in [4.78, 5) is 0. The van der Waals surface area contributed by atoms with Gasteiger partial charge in [-0.15, -0.1) is 6.58 Å². The predicted molar refractivity (Wildman–Crippen MR) is 85.3 cm³/mol. The second-order valence-corrected chi connectivity index (χ2v) is 7.32. The summed E-state index contributed by atoms with van der Waals surface area (Å²) < 4.78 is 31.8. The van der Waals surface area contributed by atoms with Crippen molar-refractivity contribution in [2.45, 2.75) is 13.0 Å². The first-order chi connectivity index (χ1) is 9.81. The molecule has 1 atom stereocenters. The molecule has 0 amide bonds. The van der Waals surface area contributed by atoms with Crippen molar-refractivity contribution in [2.24, 2.45) is 0 Å². The number of halogens is 1. The lowest BCUT2D eigenvalue weighted by Crippen LogP contribution is -2.26. The zero-order valence-corrected chi connectivity index (χ0v) is 14.0. The number of benzene rings is 1. The van der Waals surface area contributed by atoms with Crippen molar-refractivity contribution < 1.29 is 12.9 Å². The Morgan fingerprint density at radius 3 is 2.52 bits per heavy atom. The first kappa shape index (κ1) is 15.9. The van der Waals surface area contributed by atoms with Gasteiger partial charge >= 0.3 is 0 Å². The Bertz CT molecular complexity index is 751. The lowest BCUT2D eigenvalue weighted by Gasteiger charge is -2.13. The molecule has 1 aromatic carbocycles. The summed E-state index contributed by atoms with van der Waals surface area (Å²) in [5, 5.41) is 3.94. The molecule has 1 heterocycles. The minimum Gasteiger partial charge on any atom is -0.356 e. The zero-order chi connectivity index (χ0) is 15.6. The summed E-state index contributed by atoms with van der Waals surface area (Å²) >= 11 is 3.37. The van der Waals surface area contributed by atoms with Crippen LogP contribution in [0.2, 0.25) is 0 Å². The molecule has 2 aromatic rings. The van der Waals surface area contributed by atoms with Crippen LogP contribution in [-0.2, 0) is 10.0 Å². The smallest absolute Gasteiger partial charge is 0.209 e. The fourth-order valence-corrected chi connectivity index (χ4v) is 2.95. The SMILES string of the molecule is C=CC(NS(C)(=O)=O)c1c(C)noc1-c1ccc(Br)cc1. The van der Waals surface area contributed by atoms with Crippen molar-refractivity contribution in [1.82, 2.24) is 9.88 Å². The average Bonchev–Trinajstić information content (AvgIpc) is 2.78. The summed E-state index contributed by atoms with van der Waals surface area (Å²) in [7, 11) is -3.38. The molecular formula is C14H15BrN2O3S. The molecule has 1 aromatic heterocycles. The fraction of sp³-hybridized carbons (Fsp3) is 0.214. The average molecular weight is 371 g/mol. The van der Waals surface area contributed by atoms with Crippen LogP contribution in [-0.4, -0.2) is 19.8 Å². The van der Waals surface area contributed by atoms with E-state index in [1.807, 2.05) is 24.3 Å². The van der Waals surface area contributed by atoms with Crippen LogP contribution in [0.1, 0.15) is 17.3 Å². The highest BCUT2D eigenvalue weighted by Gasteiger charge is 2.23. The molecule has 0 radical (unpaired) electrons. The second kappa shape index (κ2) is 6.13. The van der Waals surface area contributed by atoms with Crippen LogP contribution in [0, 0.1) is 6.92 Å². The van der Waals surface area contributed by atoms with E-state index in [1.165, 1.54) is 6.08 Å². The standard InChI is InChI=1S/C14H15BrN2O3S/c1-4-12(17-21(3,18)19)13-9(2)16-20-14(13)10-5-7-11(15)8-6-10/h4-8,12,17H,1H2,2-3H3. The molecule has 0 spiro atoms. The van der Waals surface area contributed by atoms with Gasteiger partial charge in [-0.05, 0) is 19.1 Å². The van der Waals surface area contributed by atoms with Crippen LogP contribution in [0.15, 0.2) is 45.9 Å². The number of rotatable bonds is 5. The number of hydrogen-bond acceptors (Lipinski definition) is 4. The van der Waals surface area contributed by atoms with Crippen molar-refractivity contribution in [3.05, 3.63) is 52.7 Å². The minimum atomic E-state index is -3.38. The van der Waals surface area contributed by atoms with E-state index < -0.39 is 16.1 Å². The third-order valence-electron chi connectivity index (χ3n) is 2.90. The molecule has 0 fully saturated rings. The number of aromatic nitrogens is 1. The predicted octanol–water partition coefficient (Wildman–Crippen LogP) is 3.19. The Hall–Kier alpha value is -1.44.